The molecular weight excluding hydrogens is 461 g/mol. The van der Waals surface area contributed by atoms with Crippen LogP contribution in [0.4, 0.5) is 4.79 Å². The molecule has 2 amide bonds. The lowest BCUT2D eigenvalue weighted by atomic mass is 10.2. The lowest BCUT2D eigenvalue weighted by Crippen LogP contribution is -2.40. The highest BCUT2D eigenvalue weighted by Crippen LogP contribution is 2.08. The maximum Gasteiger partial charge on any atom is 0.407 e. The van der Waals surface area contributed by atoms with Gasteiger partial charge in [-0.05, 0) is 47.0 Å². The molecule has 1 fully saturated rings. The van der Waals surface area contributed by atoms with Crippen LogP contribution in [0.5, 0.6) is 0 Å². The van der Waals surface area contributed by atoms with Crippen LogP contribution in [0.25, 0.3) is 0 Å². The van der Waals surface area contributed by atoms with E-state index in [0.717, 1.165) is 32.5 Å². The van der Waals surface area contributed by atoms with Gasteiger partial charge < -0.3 is 25.6 Å². The van der Waals surface area contributed by atoms with Gasteiger partial charge in [0.05, 0.1) is 0 Å². The molecule has 1 aliphatic rings. The van der Waals surface area contributed by atoms with E-state index in [1.54, 1.807) is 0 Å². The smallest absolute Gasteiger partial charge is 0.407 e. The minimum absolute atomic E-state index is 0. The fourth-order valence-electron chi connectivity index (χ4n) is 2.53. The van der Waals surface area contributed by atoms with E-state index in [1.807, 2.05) is 32.6 Å². The normalized spacial score (nSPS) is 14.4. The van der Waals surface area contributed by atoms with Gasteiger partial charge in [-0.2, -0.15) is 0 Å². The molecule has 1 rings (SSSR count). The average molecular weight is 497 g/mol. The van der Waals surface area contributed by atoms with Crippen LogP contribution in [0, 0.1) is 0 Å². The zero-order chi connectivity index (χ0) is 19.4. The Kier molecular flexibility index (Phi) is 13.2. The molecule has 0 saturated carbocycles. The minimum atomic E-state index is -0.489. The van der Waals surface area contributed by atoms with Crippen molar-refractivity contribution >= 4 is 41.9 Å². The second-order valence-electron chi connectivity index (χ2n) is 7.31. The van der Waals surface area contributed by atoms with Crippen molar-refractivity contribution in [3.63, 3.8) is 0 Å². The van der Waals surface area contributed by atoms with Gasteiger partial charge in [-0.25, -0.2) is 4.79 Å². The molecule has 3 N–H and O–H groups in total. The van der Waals surface area contributed by atoms with E-state index in [4.69, 9.17) is 4.74 Å². The first-order chi connectivity index (χ1) is 12.3. The number of guanidine groups is 1. The number of amides is 2. The third-order valence-electron chi connectivity index (χ3n) is 3.71. The first-order valence-electron chi connectivity index (χ1n) is 9.58. The number of aliphatic imine (C=N–C) groups is 1. The topological polar surface area (TPSA) is 95.1 Å². The molecule has 0 unspecified atom stereocenters. The third-order valence-corrected chi connectivity index (χ3v) is 3.71. The minimum Gasteiger partial charge on any atom is -0.444 e. The van der Waals surface area contributed by atoms with E-state index >= 15 is 0 Å². The molecule has 0 atom stereocenters. The van der Waals surface area contributed by atoms with Crippen LogP contribution in [0.2, 0.25) is 0 Å². The Bertz CT molecular complexity index is 474. The van der Waals surface area contributed by atoms with Crippen LogP contribution in [0.1, 0.15) is 53.4 Å². The SMILES string of the molecule is CCNC(=NCCCNC(=O)OC(C)(C)C)NCCC(=O)N1CCCC1.I. The van der Waals surface area contributed by atoms with Crippen molar-refractivity contribution < 1.29 is 14.3 Å². The zero-order valence-corrected chi connectivity index (χ0v) is 19.4. The molecule has 0 aromatic heterocycles. The molecule has 0 aromatic rings. The molecule has 1 aliphatic heterocycles. The van der Waals surface area contributed by atoms with E-state index in [0.29, 0.717) is 38.4 Å². The van der Waals surface area contributed by atoms with Crippen LogP contribution in [0.3, 0.4) is 0 Å². The van der Waals surface area contributed by atoms with Crippen molar-refractivity contribution in [2.75, 3.05) is 39.3 Å². The lowest BCUT2D eigenvalue weighted by Gasteiger charge is -2.19. The van der Waals surface area contributed by atoms with Crippen molar-refractivity contribution in [1.82, 2.24) is 20.9 Å². The van der Waals surface area contributed by atoms with Gasteiger partial charge in [-0.15, -0.1) is 24.0 Å². The number of alkyl carbamates (subject to hydrolysis) is 1. The number of rotatable bonds is 8. The Morgan fingerprint density at radius 2 is 1.74 bits per heavy atom. The first-order valence-corrected chi connectivity index (χ1v) is 9.58. The molecule has 1 heterocycles. The van der Waals surface area contributed by atoms with Crippen LogP contribution in [-0.4, -0.2) is 67.7 Å². The van der Waals surface area contributed by atoms with Gasteiger partial charge in [0.25, 0.3) is 0 Å². The van der Waals surface area contributed by atoms with Crippen LogP contribution in [-0.2, 0) is 9.53 Å². The maximum absolute atomic E-state index is 12.0. The molecule has 0 bridgehead atoms. The number of hydrogen-bond donors (Lipinski definition) is 3. The van der Waals surface area contributed by atoms with Gasteiger partial charge in [0, 0.05) is 45.7 Å². The summed E-state index contributed by atoms with van der Waals surface area (Å²) < 4.78 is 5.18. The number of halogens is 1. The summed E-state index contributed by atoms with van der Waals surface area (Å²) in [5.41, 5.74) is -0.489. The largest absolute Gasteiger partial charge is 0.444 e. The number of nitrogens with zero attached hydrogens (tertiary/aromatic N) is 2. The van der Waals surface area contributed by atoms with Crippen molar-refractivity contribution in [2.45, 2.75) is 59.0 Å². The Morgan fingerprint density at radius 1 is 1.07 bits per heavy atom. The number of carbonyl (C=O) groups is 2. The van der Waals surface area contributed by atoms with Crippen molar-refractivity contribution in [1.29, 1.82) is 0 Å². The van der Waals surface area contributed by atoms with Crippen LogP contribution >= 0.6 is 24.0 Å². The van der Waals surface area contributed by atoms with E-state index in [1.165, 1.54) is 0 Å². The van der Waals surface area contributed by atoms with Gasteiger partial charge in [0.15, 0.2) is 5.96 Å². The number of ether oxygens (including phenoxy) is 1. The summed E-state index contributed by atoms with van der Waals surface area (Å²) >= 11 is 0. The summed E-state index contributed by atoms with van der Waals surface area (Å²) in [7, 11) is 0. The van der Waals surface area contributed by atoms with Gasteiger partial charge in [-0.1, -0.05) is 0 Å². The fourth-order valence-corrected chi connectivity index (χ4v) is 2.53. The Morgan fingerprint density at radius 3 is 2.33 bits per heavy atom. The summed E-state index contributed by atoms with van der Waals surface area (Å²) in [5, 5.41) is 9.06. The summed E-state index contributed by atoms with van der Waals surface area (Å²) in [6.45, 7) is 11.7. The number of nitrogens with one attached hydrogen (secondary N) is 3. The molecule has 27 heavy (non-hydrogen) atoms. The number of likely N-dealkylation sites (tertiary alicyclic amines) is 1. The summed E-state index contributed by atoms with van der Waals surface area (Å²) in [5.74, 6) is 0.895. The molecular formula is C18H36IN5O3. The molecule has 9 heteroatoms. The molecule has 1 saturated heterocycles. The predicted octanol–water partition coefficient (Wildman–Crippen LogP) is 2.09. The molecule has 158 valence electrons. The van der Waals surface area contributed by atoms with Crippen molar-refractivity contribution in [3.05, 3.63) is 0 Å². The lowest BCUT2D eigenvalue weighted by molar-refractivity contribution is -0.129. The standard InChI is InChI=1S/C18H35N5O3.HI/c1-5-19-16(21-12-9-15(24)23-13-6-7-14-23)20-10-8-11-22-17(25)26-18(2,3)4;/h5-14H2,1-4H3,(H,22,25)(H2,19,20,21);1H. The molecule has 0 aliphatic carbocycles. The van der Waals surface area contributed by atoms with Gasteiger partial charge in [-0.3, -0.25) is 9.79 Å². The number of carbonyl (C=O) groups excluding carboxylic acids is 2. The summed E-state index contributed by atoms with van der Waals surface area (Å²) in [6.07, 6.45) is 3.00. The Balaban J connectivity index is 0.00000676. The monoisotopic (exact) mass is 497 g/mol. The van der Waals surface area contributed by atoms with Gasteiger partial charge in [0.2, 0.25) is 5.91 Å². The quantitative estimate of drug-likeness (QED) is 0.207. The highest BCUT2D eigenvalue weighted by molar-refractivity contribution is 14.0. The predicted molar refractivity (Wildman–Crippen MR) is 119 cm³/mol. The van der Waals surface area contributed by atoms with Gasteiger partial charge >= 0.3 is 6.09 Å². The summed E-state index contributed by atoms with van der Waals surface area (Å²) in [4.78, 5) is 29.9. The van der Waals surface area contributed by atoms with E-state index in [9.17, 15) is 9.59 Å². The fraction of sp³-hybridized carbons (Fsp3) is 0.833. The third kappa shape index (κ3) is 12.7. The molecule has 0 radical (unpaired) electrons. The maximum atomic E-state index is 12.0. The van der Waals surface area contributed by atoms with Crippen molar-refractivity contribution in [2.24, 2.45) is 4.99 Å². The summed E-state index contributed by atoms with van der Waals surface area (Å²) in [6, 6.07) is 0. The Labute approximate surface area is 180 Å². The van der Waals surface area contributed by atoms with E-state index < -0.39 is 11.7 Å². The Hall–Kier alpha value is -1.26. The second-order valence-corrected chi connectivity index (χ2v) is 7.31. The van der Waals surface area contributed by atoms with Crippen molar-refractivity contribution in [3.8, 4) is 0 Å². The molecule has 0 spiro atoms. The zero-order valence-electron chi connectivity index (χ0n) is 17.1. The average Bonchev–Trinajstić information content (AvgIpc) is 3.07. The van der Waals surface area contributed by atoms with Crippen LogP contribution in [0.15, 0.2) is 4.99 Å². The van der Waals surface area contributed by atoms with Crippen LogP contribution < -0.4 is 16.0 Å². The number of hydrogen-bond acceptors (Lipinski definition) is 4. The highest BCUT2D eigenvalue weighted by Gasteiger charge is 2.17. The molecule has 8 nitrogen and oxygen atoms in total. The second kappa shape index (κ2) is 13.8. The van der Waals surface area contributed by atoms with E-state index in [2.05, 4.69) is 20.9 Å². The van der Waals surface area contributed by atoms with Gasteiger partial charge in [0.1, 0.15) is 5.60 Å². The van der Waals surface area contributed by atoms with E-state index in [-0.39, 0.29) is 29.9 Å². The first kappa shape index (κ1) is 25.7. The highest BCUT2D eigenvalue weighted by atomic mass is 127. The molecule has 0 aromatic carbocycles.